The fourth-order valence-corrected chi connectivity index (χ4v) is 5.57. The molecule has 0 aromatic heterocycles. The summed E-state index contributed by atoms with van der Waals surface area (Å²) in [5, 5.41) is 5.45. The minimum Gasteiger partial charge on any atom is -0.381 e. The van der Waals surface area contributed by atoms with Crippen LogP contribution in [0.2, 0.25) is 15.1 Å². The van der Waals surface area contributed by atoms with Gasteiger partial charge in [0.25, 0.3) is 0 Å². The molecule has 4 bridgehead atoms. The van der Waals surface area contributed by atoms with Crippen molar-refractivity contribution in [1.29, 1.82) is 0 Å². The molecule has 5 rings (SSSR count). The zero-order valence-corrected chi connectivity index (χ0v) is 13.5. The molecular formula is C16H18Cl3N. The molecule has 4 fully saturated rings. The van der Waals surface area contributed by atoms with Crippen molar-refractivity contribution in [2.45, 2.75) is 38.1 Å². The summed E-state index contributed by atoms with van der Waals surface area (Å²) in [4.78, 5) is 0. The van der Waals surface area contributed by atoms with Crippen molar-refractivity contribution in [3.05, 3.63) is 27.2 Å². The Morgan fingerprint density at radius 3 is 1.90 bits per heavy atom. The van der Waals surface area contributed by atoms with Crippen LogP contribution < -0.4 is 5.32 Å². The number of hydrogen-bond donors (Lipinski definition) is 1. The van der Waals surface area contributed by atoms with Crippen molar-refractivity contribution in [2.24, 2.45) is 23.7 Å². The molecule has 1 aromatic rings. The van der Waals surface area contributed by atoms with Gasteiger partial charge in [-0.1, -0.05) is 34.8 Å². The minimum absolute atomic E-state index is 0.521. The van der Waals surface area contributed by atoms with Crippen LogP contribution in [0.5, 0.6) is 0 Å². The second kappa shape index (κ2) is 4.97. The van der Waals surface area contributed by atoms with Gasteiger partial charge in [0.1, 0.15) is 0 Å². The molecule has 0 spiro atoms. The Hall–Kier alpha value is -0.110. The van der Waals surface area contributed by atoms with Crippen LogP contribution in [-0.2, 0) is 0 Å². The zero-order valence-electron chi connectivity index (χ0n) is 11.2. The molecule has 0 aliphatic heterocycles. The molecule has 0 saturated heterocycles. The first-order chi connectivity index (χ1) is 9.60. The van der Waals surface area contributed by atoms with Gasteiger partial charge in [-0.05, 0) is 67.9 Å². The van der Waals surface area contributed by atoms with E-state index in [9.17, 15) is 0 Å². The monoisotopic (exact) mass is 329 g/mol. The number of hydrogen-bond acceptors (Lipinski definition) is 1. The molecule has 4 aliphatic carbocycles. The van der Waals surface area contributed by atoms with Crippen LogP contribution in [0.15, 0.2) is 12.1 Å². The molecule has 1 N–H and O–H groups in total. The normalized spacial score (nSPS) is 38.2. The van der Waals surface area contributed by atoms with Gasteiger partial charge < -0.3 is 5.32 Å². The third-order valence-corrected chi connectivity index (χ3v) is 6.59. The van der Waals surface area contributed by atoms with E-state index >= 15 is 0 Å². The van der Waals surface area contributed by atoms with E-state index in [2.05, 4.69) is 5.32 Å². The van der Waals surface area contributed by atoms with E-state index in [4.69, 9.17) is 34.8 Å². The highest BCUT2D eigenvalue weighted by molar-refractivity contribution is 6.44. The maximum Gasteiger partial charge on any atom is 0.0653 e. The molecular weight excluding hydrogens is 313 g/mol. The fourth-order valence-electron chi connectivity index (χ4n) is 4.97. The van der Waals surface area contributed by atoms with Crippen LogP contribution in [0, 0.1) is 23.7 Å². The maximum atomic E-state index is 6.31. The lowest BCUT2D eigenvalue weighted by molar-refractivity contribution is 0.00754. The van der Waals surface area contributed by atoms with E-state index < -0.39 is 0 Å². The van der Waals surface area contributed by atoms with E-state index in [0.717, 1.165) is 29.4 Å². The third kappa shape index (κ3) is 2.23. The molecule has 1 nitrogen and oxygen atoms in total. The first-order valence-electron chi connectivity index (χ1n) is 7.51. The lowest BCUT2D eigenvalue weighted by Crippen LogP contribution is -2.51. The second-order valence-electron chi connectivity index (χ2n) is 6.85. The van der Waals surface area contributed by atoms with Crippen molar-refractivity contribution in [3.8, 4) is 0 Å². The summed E-state index contributed by atoms with van der Waals surface area (Å²) in [6, 6.07) is 4.18. The fraction of sp³-hybridized carbons (Fsp3) is 0.625. The Morgan fingerprint density at radius 2 is 1.30 bits per heavy atom. The van der Waals surface area contributed by atoms with E-state index in [-0.39, 0.29) is 0 Å². The number of nitrogens with one attached hydrogen (secondary N) is 1. The van der Waals surface area contributed by atoms with Crippen molar-refractivity contribution >= 4 is 40.5 Å². The molecule has 108 valence electrons. The Balaban J connectivity index is 1.59. The largest absolute Gasteiger partial charge is 0.381 e. The van der Waals surface area contributed by atoms with Crippen molar-refractivity contribution in [2.75, 3.05) is 5.32 Å². The van der Waals surface area contributed by atoms with Crippen LogP contribution >= 0.6 is 34.8 Å². The smallest absolute Gasteiger partial charge is 0.0653 e. The minimum atomic E-state index is 0.521. The number of benzene rings is 1. The van der Waals surface area contributed by atoms with Gasteiger partial charge in [0, 0.05) is 6.04 Å². The van der Waals surface area contributed by atoms with Crippen LogP contribution in [0.1, 0.15) is 32.1 Å². The lowest BCUT2D eigenvalue weighted by atomic mass is 9.54. The second-order valence-corrected chi connectivity index (χ2v) is 8.07. The van der Waals surface area contributed by atoms with Crippen molar-refractivity contribution < 1.29 is 0 Å². The van der Waals surface area contributed by atoms with Gasteiger partial charge in [0.2, 0.25) is 0 Å². The van der Waals surface area contributed by atoms with Crippen LogP contribution in [0.4, 0.5) is 5.69 Å². The molecule has 0 unspecified atom stereocenters. The van der Waals surface area contributed by atoms with Gasteiger partial charge in [-0.25, -0.2) is 0 Å². The molecule has 0 amide bonds. The Morgan fingerprint density at radius 1 is 0.750 bits per heavy atom. The van der Waals surface area contributed by atoms with Gasteiger partial charge in [0.15, 0.2) is 0 Å². The Kier molecular flexibility index (Phi) is 3.36. The van der Waals surface area contributed by atoms with Gasteiger partial charge in [-0.15, -0.1) is 0 Å². The predicted molar refractivity (Wildman–Crippen MR) is 85.9 cm³/mol. The van der Waals surface area contributed by atoms with Crippen molar-refractivity contribution in [3.63, 3.8) is 0 Å². The predicted octanol–water partition coefficient (Wildman–Crippen LogP) is 5.88. The maximum absolute atomic E-state index is 6.31. The standard InChI is InChI=1S/C16H18Cl3N/c17-12-6-14(19)15(7-13(12)18)20-16-10-2-8-1-9(4-10)5-11(16)3-8/h6-11,16,20H,1-5H2. The molecule has 0 atom stereocenters. The molecule has 0 heterocycles. The molecule has 4 aliphatic rings. The number of halogens is 3. The SMILES string of the molecule is Clc1cc(Cl)c(NC2C3CC4CC(C3)CC2C4)cc1Cl. The van der Waals surface area contributed by atoms with E-state index in [0.29, 0.717) is 21.1 Å². The summed E-state index contributed by atoms with van der Waals surface area (Å²) in [7, 11) is 0. The summed E-state index contributed by atoms with van der Waals surface area (Å²) in [5.41, 5.74) is 0.943. The molecule has 0 radical (unpaired) electrons. The summed E-state index contributed by atoms with van der Waals surface area (Å²) in [6.45, 7) is 0. The van der Waals surface area contributed by atoms with E-state index in [1.165, 1.54) is 32.1 Å². The van der Waals surface area contributed by atoms with E-state index in [1.54, 1.807) is 6.07 Å². The van der Waals surface area contributed by atoms with Gasteiger partial charge in [-0.2, -0.15) is 0 Å². The van der Waals surface area contributed by atoms with Gasteiger partial charge >= 0.3 is 0 Å². The average molecular weight is 331 g/mol. The van der Waals surface area contributed by atoms with Gasteiger partial charge in [0.05, 0.1) is 20.8 Å². The molecule has 4 heteroatoms. The lowest BCUT2D eigenvalue weighted by Gasteiger charge is -2.54. The third-order valence-electron chi connectivity index (χ3n) is 5.56. The summed E-state index contributed by atoms with van der Waals surface area (Å²) >= 11 is 18.4. The molecule has 4 saturated carbocycles. The Bertz CT molecular complexity index is 515. The summed E-state index contributed by atoms with van der Waals surface area (Å²) in [5.74, 6) is 3.60. The molecule has 20 heavy (non-hydrogen) atoms. The highest BCUT2D eigenvalue weighted by Crippen LogP contribution is 2.54. The topological polar surface area (TPSA) is 12.0 Å². The Labute approximate surface area is 135 Å². The average Bonchev–Trinajstić information content (AvgIpc) is 2.38. The summed E-state index contributed by atoms with van der Waals surface area (Å²) in [6.07, 6.45) is 7.05. The first-order valence-corrected chi connectivity index (χ1v) is 8.64. The summed E-state index contributed by atoms with van der Waals surface area (Å²) < 4.78 is 0. The zero-order chi connectivity index (χ0) is 13.9. The quantitative estimate of drug-likeness (QED) is 0.667. The molecule has 1 aromatic carbocycles. The van der Waals surface area contributed by atoms with Crippen LogP contribution in [0.25, 0.3) is 0 Å². The number of anilines is 1. The van der Waals surface area contributed by atoms with Crippen LogP contribution in [0.3, 0.4) is 0 Å². The van der Waals surface area contributed by atoms with Gasteiger partial charge in [-0.3, -0.25) is 0 Å². The van der Waals surface area contributed by atoms with E-state index in [1.807, 2.05) is 6.07 Å². The first kappa shape index (κ1) is 13.5. The number of rotatable bonds is 2. The van der Waals surface area contributed by atoms with Crippen molar-refractivity contribution in [1.82, 2.24) is 0 Å². The highest BCUT2D eigenvalue weighted by Gasteiger charge is 2.48. The highest BCUT2D eigenvalue weighted by atomic mass is 35.5. The van der Waals surface area contributed by atoms with Crippen LogP contribution in [-0.4, -0.2) is 6.04 Å².